The fraction of sp³-hybridized carbons (Fsp3) is 0.333. The van der Waals surface area contributed by atoms with Crippen LogP contribution in [0.1, 0.15) is 24.0 Å². The Morgan fingerprint density at radius 3 is 2.76 bits per heavy atom. The van der Waals surface area contributed by atoms with Crippen molar-refractivity contribution < 1.29 is 4.79 Å². The standard InChI is InChI=1S/C21H23Cl2N3OS2/c1-14-11-17(6-7-19(14)26-9-2-3-20(26)27)25-21(28)24-8-10-29-13-15-4-5-16(22)12-18(15)23/h4-7,11-12H,2-3,8-10,13H2,1H3,(H2,24,25,28). The molecule has 2 aromatic carbocycles. The lowest BCUT2D eigenvalue weighted by atomic mass is 10.1. The first-order chi connectivity index (χ1) is 13.9. The molecule has 1 aliphatic rings. The maximum atomic E-state index is 11.9. The summed E-state index contributed by atoms with van der Waals surface area (Å²) in [6.45, 7) is 3.56. The van der Waals surface area contributed by atoms with Crippen LogP contribution in [0, 0.1) is 6.92 Å². The molecule has 1 saturated heterocycles. The number of aryl methyl sites for hydroxylation is 1. The number of thioether (sulfide) groups is 1. The maximum Gasteiger partial charge on any atom is 0.227 e. The second kappa shape index (κ2) is 10.5. The van der Waals surface area contributed by atoms with E-state index in [0.29, 0.717) is 21.6 Å². The van der Waals surface area contributed by atoms with Gasteiger partial charge in [0.1, 0.15) is 0 Å². The molecule has 0 atom stereocenters. The number of carbonyl (C=O) groups is 1. The van der Waals surface area contributed by atoms with Gasteiger partial charge in [-0.1, -0.05) is 29.3 Å². The lowest BCUT2D eigenvalue weighted by Crippen LogP contribution is -2.30. The number of benzene rings is 2. The Kier molecular flexibility index (Phi) is 8.07. The highest BCUT2D eigenvalue weighted by Gasteiger charge is 2.22. The summed E-state index contributed by atoms with van der Waals surface area (Å²) >= 11 is 19.3. The summed E-state index contributed by atoms with van der Waals surface area (Å²) in [7, 11) is 0. The van der Waals surface area contributed by atoms with Crippen molar-refractivity contribution in [3.8, 4) is 0 Å². The molecule has 1 fully saturated rings. The molecule has 0 aliphatic carbocycles. The number of anilines is 2. The number of rotatable bonds is 7. The fourth-order valence-electron chi connectivity index (χ4n) is 3.17. The molecule has 0 aromatic heterocycles. The minimum absolute atomic E-state index is 0.198. The predicted octanol–water partition coefficient (Wildman–Crippen LogP) is 5.65. The number of carbonyl (C=O) groups excluding carboxylic acids is 1. The normalized spacial score (nSPS) is 13.6. The summed E-state index contributed by atoms with van der Waals surface area (Å²) in [5.74, 6) is 1.92. The van der Waals surface area contributed by atoms with E-state index in [1.807, 2.05) is 42.2 Å². The second-order valence-electron chi connectivity index (χ2n) is 6.82. The number of hydrogen-bond donors (Lipinski definition) is 2. The Balaban J connectivity index is 1.41. The van der Waals surface area contributed by atoms with E-state index >= 15 is 0 Å². The minimum Gasteiger partial charge on any atom is -0.362 e. The predicted molar refractivity (Wildman–Crippen MR) is 130 cm³/mol. The Labute approximate surface area is 191 Å². The van der Waals surface area contributed by atoms with Gasteiger partial charge in [-0.05, 0) is 67.0 Å². The third-order valence-electron chi connectivity index (χ3n) is 4.62. The van der Waals surface area contributed by atoms with Gasteiger partial charge in [-0.2, -0.15) is 11.8 Å². The van der Waals surface area contributed by atoms with Crippen LogP contribution in [0.25, 0.3) is 0 Å². The molecule has 2 aromatic rings. The van der Waals surface area contributed by atoms with Crippen LogP contribution in [0.5, 0.6) is 0 Å². The van der Waals surface area contributed by atoms with Gasteiger partial charge in [0.05, 0.1) is 0 Å². The van der Waals surface area contributed by atoms with Gasteiger partial charge >= 0.3 is 0 Å². The lowest BCUT2D eigenvalue weighted by molar-refractivity contribution is -0.117. The van der Waals surface area contributed by atoms with Crippen LogP contribution in [0.3, 0.4) is 0 Å². The van der Waals surface area contributed by atoms with Gasteiger partial charge in [0.25, 0.3) is 0 Å². The zero-order valence-electron chi connectivity index (χ0n) is 16.1. The summed E-state index contributed by atoms with van der Waals surface area (Å²) in [4.78, 5) is 13.8. The van der Waals surface area contributed by atoms with Crippen LogP contribution in [0.2, 0.25) is 10.0 Å². The number of thiocarbonyl (C=S) groups is 1. The van der Waals surface area contributed by atoms with Crippen molar-refractivity contribution in [1.29, 1.82) is 0 Å². The topological polar surface area (TPSA) is 44.4 Å². The van der Waals surface area contributed by atoms with E-state index in [0.717, 1.165) is 53.5 Å². The summed E-state index contributed by atoms with van der Waals surface area (Å²) < 4.78 is 0. The van der Waals surface area contributed by atoms with E-state index in [1.54, 1.807) is 17.8 Å². The van der Waals surface area contributed by atoms with E-state index in [-0.39, 0.29) is 5.91 Å². The molecular formula is C21H23Cl2N3OS2. The number of nitrogens with one attached hydrogen (secondary N) is 2. The van der Waals surface area contributed by atoms with E-state index in [4.69, 9.17) is 35.4 Å². The Morgan fingerprint density at radius 2 is 2.07 bits per heavy atom. The van der Waals surface area contributed by atoms with Crippen LogP contribution < -0.4 is 15.5 Å². The number of halogens is 2. The summed E-state index contributed by atoms with van der Waals surface area (Å²) in [5, 5.41) is 8.36. The molecule has 8 heteroatoms. The van der Waals surface area contributed by atoms with E-state index in [9.17, 15) is 4.79 Å². The Morgan fingerprint density at radius 1 is 1.24 bits per heavy atom. The summed E-state index contributed by atoms with van der Waals surface area (Å²) in [5.41, 5.74) is 4.03. The van der Waals surface area contributed by atoms with Crippen LogP contribution in [-0.2, 0) is 10.5 Å². The molecular weight excluding hydrogens is 445 g/mol. The number of hydrogen-bond acceptors (Lipinski definition) is 3. The molecule has 3 rings (SSSR count). The lowest BCUT2D eigenvalue weighted by Gasteiger charge is -2.19. The molecule has 1 amide bonds. The van der Waals surface area contributed by atoms with Gasteiger partial charge in [0.2, 0.25) is 5.91 Å². The zero-order valence-corrected chi connectivity index (χ0v) is 19.3. The Hall–Kier alpha value is -1.47. The summed E-state index contributed by atoms with van der Waals surface area (Å²) in [6, 6.07) is 11.5. The van der Waals surface area contributed by atoms with Crippen molar-refractivity contribution in [3.05, 3.63) is 57.6 Å². The van der Waals surface area contributed by atoms with E-state index < -0.39 is 0 Å². The molecule has 0 radical (unpaired) electrons. The van der Waals surface area contributed by atoms with Gasteiger partial charge in [-0.3, -0.25) is 4.79 Å². The monoisotopic (exact) mass is 467 g/mol. The van der Waals surface area contributed by atoms with Gasteiger partial charge in [0, 0.05) is 52.4 Å². The van der Waals surface area contributed by atoms with Crippen molar-refractivity contribution in [2.75, 3.05) is 29.1 Å². The molecule has 0 unspecified atom stereocenters. The summed E-state index contributed by atoms with van der Waals surface area (Å²) in [6.07, 6.45) is 1.56. The van der Waals surface area contributed by atoms with Crippen molar-refractivity contribution >= 4 is 69.6 Å². The van der Waals surface area contributed by atoms with Crippen molar-refractivity contribution in [2.45, 2.75) is 25.5 Å². The average molecular weight is 468 g/mol. The molecule has 2 N–H and O–H groups in total. The molecule has 0 spiro atoms. The minimum atomic E-state index is 0.198. The maximum absolute atomic E-state index is 11.9. The smallest absolute Gasteiger partial charge is 0.227 e. The van der Waals surface area contributed by atoms with Gasteiger partial charge in [0.15, 0.2) is 5.11 Å². The molecule has 154 valence electrons. The van der Waals surface area contributed by atoms with Gasteiger partial charge in [-0.25, -0.2) is 0 Å². The first-order valence-electron chi connectivity index (χ1n) is 9.41. The highest BCUT2D eigenvalue weighted by Crippen LogP contribution is 2.27. The van der Waals surface area contributed by atoms with Crippen LogP contribution in [0.15, 0.2) is 36.4 Å². The largest absolute Gasteiger partial charge is 0.362 e. The van der Waals surface area contributed by atoms with Crippen LogP contribution >= 0.6 is 47.2 Å². The van der Waals surface area contributed by atoms with Crippen LogP contribution in [0.4, 0.5) is 11.4 Å². The average Bonchev–Trinajstić information content (AvgIpc) is 3.09. The molecule has 0 saturated carbocycles. The molecule has 0 bridgehead atoms. The fourth-order valence-corrected chi connectivity index (χ4v) is 4.81. The highest BCUT2D eigenvalue weighted by molar-refractivity contribution is 7.98. The number of amides is 1. The first kappa shape index (κ1) is 22.2. The molecule has 1 heterocycles. The molecule has 1 aliphatic heterocycles. The Bertz CT molecular complexity index is 907. The highest BCUT2D eigenvalue weighted by atomic mass is 35.5. The third kappa shape index (κ3) is 6.25. The SMILES string of the molecule is Cc1cc(NC(=S)NCCSCc2ccc(Cl)cc2Cl)ccc1N1CCCC1=O. The molecule has 4 nitrogen and oxygen atoms in total. The van der Waals surface area contributed by atoms with Gasteiger partial charge < -0.3 is 15.5 Å². The van der Waals surface area contributed by atoms with Crippen molar-refractivity contribution in [2.24, 2.45) is 0 Å². The first-order valence-corrected chi connectivity index (χ1v) is 11.7. The van der Waals surface area contributed by atoms with Gasteiger partial charge in [-0.15, -0.1) is 0 Å². The van der Waals surface area contributed by atoms with Crippen LogP contribution in [-0.4, -0.2) is 29.9 Å². The molecule has 29 heavy (non-hydrogen) atoms. The number of nitrogens with zero attached hydrogens (tertiary/aromatic N) is 1. The van der Waals surface area contributed by atoms with E-state index in [2.05, 4.69) is 10.6 Å². The van der Waals surface area contributed by atoms with Crippen molar-refractivity contribution in [3.63, 3.8) is 0 Å². The van der Waals surface area contributed by atoms with E-state index in [1.165, 1.54) is 0 Å². The second-order valence-corrected chi connectivity index (χ2v) is 9.18. The third-order valence-corrected chi connectivity index (χ3v) is 6.46. The quantitative estimate of drug-likeness (QED) is 0.406. The zero-order chi connectivity index (χ0) is 20.8. The van der Waals surface area contributed by atoms with Crippen molar-refractivity contribution in [1.82, 2.24) is 5.32 Å².